The molecule has 1 aromatic carbocycles. The Hall–Kier alpha value is -2.28. The number of para-hydroxylation sites is 1. The van der Waals surface area contributed by atoms with Gasteiger partial charge in [0.25, 0.3) is 5.91 Å². The fourth-order valence-corrected chi connectivity index (χ4v) is 5.49. The number of hydrogen-bond donors (Lipinski definition) is 1. The maximum absolute atomic E-state index is 13.9. The number of carbonyl (C=O) groups is 2. The third-order valence-electron chi connectivity index (χ3n) is 7.16. The van der Waals surface area contributed by atoms with E-state index in [1.807, 2.05) is 57.7 Å². The lowest BCUT2D eigenvalue weighted by Gasteiger charge is -2.44. The van der Waals surface area contributed by atoms with Crippen molar-refractivity contribution in [2.45, 2.75) is 108 Å². The fourth-order valence-electron chi connectivity index (χ4n) is 5.49. The minimum Gasteiger partial charge on any atom is -0.478 e. The molecule has 2 atom stereocenters. The molecule has 7 nitrogen and oxygen atoms in total. The summed E-state index contributed by atoms with van der Waals surface area (Å²) in [6.45, 7) is 10.2. The molecular weight excluding hydrogens is 432 g/mol. The van der Waals surface area contributed by atoms with Crippen LogP contribution in [0.2, 0.25) is 0 Å². The standard InChI is InChI=1S/C27H40N2O5/c1-26(2,3)34-25(31)28-21-10-8-16-29-22(21)17-32-19-14-12-18(13-15-19)20-9-6-7-11-23(20)33-27(4,5)24(29)30/h6-7,9,11,18-19,21-22H,8,10,12-17H2,1-5H3,(H,28,31)/t18-,19+,21-,22-/m0/s1. The summed E-state index contributed by atoms with van der Waals surface area (Å²) in [4.78, 5) is 28.3. The van der Waals surface area contributed by atoms with E-state index < -0.39 is 17.3 Å². The smallest absolute Gasteiger partial charge is 0.407 e. The zero-order valence-electron chi connectivity index (χ0n) is 21.3. The molecule has 0 radical (unpaired) electrons. The lowest BCUT2D eigenvalue weighted by molar-refractivity contribution is -0.153. The molecule has 3 heterocycles. The second kappa shape index (κ2) is 9.76. The zero-order chi connectivity index (χ0) is 24.5. The number of rotatable bonds is 1. The van der Waals surface area contributed by atoms with E-state index in [1.54, 1.807) is 0 Å². The molecule has 1 saturated heterocycles. The van der Waals surface area contributed by atoms with Crippen molar-refractivity contribution in [3.63, 3.8) is 0 Å². The first-order valence-corrected chi connectivity index (χ1v) is 12.7. The maximum atomic E-state index is 13.9. The number of hydrogen-bond acceptors (Lipinski definition) is 5. The molecule has 3 aliphatic heterocycles. The van der Waals surface area contributed by atoms with Gasteiger partial charge in [0.1, 0.15) is 11.4 Å². The second-order valence-electron chi connectivity index (χ2n) is 11.4. The number of fused-ring (bicyclic) bond motifs is 5. The Bertz CT molecular complexity index is 885. The van der Waals surface area contributed by atoms with Crippen molar-refractivity contribution < 1.29 is 23.8 Å². The average Bonchev–Trinajstić information content (AvgIpc) is 2.77. The van der Waals surface area contributed by atoms with Crippen molar-refractivity contribution in [2.75, 3.05) is 13.2 Å². The van der Waals surface area contributed by atoms with Gasteiger partial charge in [-0.3, -0.25) is 4.79 Å². The predicted molar refractivity (Wildman–Crippen MR) is 130 cm³/mol. The van der Waals surface area contributed by atoms with Crippen molar-refractivity contribution in [1.82, 2.24) is 10.2 Å². The molecule has 5 rings (SSSR count). The summed E-state index contributed by atoms with van der Waals surface area (Å²) in [5, 5.41) is 3.03. The lowest BCUT2D eigenvalue weighted by Crippen LogP contribution is -2.63. The summed E-state index contributed by atoms with van der Waals surface area (Å²) in [6, 6.07) is 7.61. The highest BCUT2D eigenvalue weighted by Gasteiger charge is 2.43. The zero-order valence-corrected chi connectivity index (χ0v) is 21.3. The van der Waals surface area contributed by atoms with Gasteiger partial charge in [-0.05, 0) is 90.7 Å². The van der Waals surface area contributed by atoms with Crippen LogP contribution in [0.4, 0.5) is 4.79 Å². The SMILES string of the molecule is CC(C)(C)OC(=O)N[C@H]1CCCN2C(=O)C(C)(C)Oc3ccccc3[C@H]3CC[C@H](CC3)OC[C@@H]12. The summed E-state index contributed by atoms with van der Waals surface area (Å²) in [5.41, 5.74) is -0.452. The van der Waals surface area contributed by atoms with Gasteiger partial charge in [-0.2, -0.15) is 0 Å². The van der Waals surface area contributed by atoms with E-state index in [0.29, 0.717) is 19.1 Å². The Morgan fingerprint density at radius 2 is 1.82 bits per heavy atom. The molecule has 4 aliphatic rings. The molecule has 7 heteroatoms. The van der Waals surface area contributed by atoms with E-state index in [1.165, 1.54) is 5.56 Å². The Morgan fingerprint density at radius 3 is 2.53 bits per heavy atom. The Morgan fingerprint density at radius 1 is 1.12 bits per heavy atom. The molecule has 188 valence electrons. The molecular formula is C27H40N2O5. The highest BCUT2D eigenvalue weighted by molar-refractivity contribution is 5.85. The van der Waals surface area contributed by atoms with Gasteiger partial charge in [0.05, 0.1) is 24.8 Å². The van der Waals surface area contributed by atoms with Gasteiger partial charge in [0.2, 0.25) is 0 Å². The molecule has 2 bridgehead atoms. The summed E-state index contributed by atoms with van der Waals surface area (Å²) in [5.74, 6) is 1.12. The van der Waals surface area contributed by atoms with E-state index in [0.717, 1.165) is 44.3 Å². The Labute approximate surface area is 203 Å². The second-order valence-corrected chi connectivity index (χ2v) is 11.4. The van der Waals surface area contributed by atoms with Crippen LogP contribution in [-0.4, -0.2) is 59.4 Å². The number of carbonyl (C=O) groups excluding carboxylic acids is 2. The van der Waals surface area contributed by atoms with Crippen molar-refractivity contribution >= 4 is 12.0 Å². The highest BCUT2D eigenvalue weighted by atomic mass is 16.6. The summed E-state index contributed by atoms with van der Waals surface area (Å²) < 4.78 is 18.4. The molecule has 1 N–H and O–H groups in total. The van der Waals surface area contributed by atoms with Crippen molar-refractivity contribution in [1.29, 1.82) is 0 Å². The van der Waals surface area contributed by atoms with Gasteiger partial charge in [-0.25, -0.2) is 4.79 Å². The van der Waals surface area contributed by atoms with E-state index in [-0.39, 0.29) is 24.1 Å². The van der Waals surface area contributed by atoms with Crippen LogP contribution in [0.15, 0.2) is 24.3 Å². The molecule has 0 unspecified atom stereocenters. The van der Waals surface area contributed by atoms with Crippen molar-refractivity contribution in [2.24, 2.45) is 0 Å². The van der Waals surface area contributed by atoms with Crippen molar-refractivity contribution in [3.05, 3.63) is 29.8 Å². The summed E-state index contributed by atoms with van der Waals surface area (Å²) in [7, 11) is 0. The number of ether oxygens (including phenoxy) is 3. The third kappa shape index (κ3) is 5.68. The first kappa shape index (κ1) is 24.8. The normalized spacial score (nSPS) is 29.4. The summed E-state index contributed by atoms with van der Waals surface area (Å²) >= 11 is 0. The number of nitrogens with one attached hydrogen (secondary N) is 1. The third-order valence-corrected chi connectivity index (χ3v) is 7.16. The van der Waals surface area contributed by atoms with Crippen LogP contribution in [0.3, 0.4) is 0 Å². The number of benzene rings is 1. The van der Waals surface area contributed by atoms with Gasteiger partial charge in [0.15, 0.2) is 5.60 Å². The van der Waals surface area contributed by atoms with Crippen LogP contribution in [0, 0.1) is 0 Å². The molecule has 1 aliphatic carbocycles. The van der Waals surface area contributed by atoms with E-state index in [2.05, 4.69) is 11.4 Å². The van der Waals surface area contributed by atoms with Crippen LogP contribution in [0.1, 0.15) is 84.6 Å². The van der Waals surface area contributed by atoms with Gasteiger partial charge in [-0.15, -0.1) is 0 Å². The van der Waals surface area contributed by atoms with E-state index >= 15 is 0 Å². The Balaban J connectivity index is 1.63. The molecule has 0 spiro atoms. The molecule has 0 aromatic heterocycles. The van der Waals surface area contributed by atoms with E-state index in [9.17, 15) is 9.59 Å². The van der Waals surface area contributed by atoms with Crippen LogP contribution in [0.5, 0.6) is 5.75 Å². The summed E-state index contributed by atoms with van der Waals surface area (Å²) in [6.07, 6.45) is 5.30. The number of piperidine rings is 1. The molecule has 34 heavy (non-hydrogen) atoms. The first-order chi connectivity index (χ1) is 16.0. The van der Waals surface area contributed by atoms with Gasteiger partial charge >= 0.3 is 6.09 Å². The largest absolute Gasteiger partial charge is 0.478 e. The number of nitrogens with zero attached hydrogens (tertiary/aromatic N) is 1. The van der Waals surface area contributed by atoms with Crippen LogP contribution < -0.4 is 10.1 Å². The van der Waals surface area contributed by atoms with Crippen LogP contribution in [0.25, 0.3) is 0 Å². The van der Waals surface area contributed by atoms with Crippen molar-refractivity contribution in [3.8, 4) is 5.75 Å². The molecule has 2 fully saturated rings. The molecule has 1 aromatic rings. The number of amides is 2. The minimum atomic E-state index is -1.05. The average molecular weight is 473 g/mol. The molecule has 1 saturated carbocycles. The quantitative estimate of drug-likeness (QED) is 0.636. The predicted octanol–water partition coefficient (Wildman–Crippen LogP) is 4.78. The monoisotopic (exact) mass is 472 g/mol. The van der Waals surface area contributed by atoms with Crippen LogP contribution in [-0.2, 0) is 14.3 Å². The van der Waals surface area contributed by atoms with Gasteiger partial charge in [-0.1, -0.05) is 18.2 Å². The minimum absolute atomic E-state index is 0.0850. The topological polar surface area (TPSA) is 77.1 Å². The fraction of sp³-hybridized carbons (Fsp3) is 0.704. The first-order valence-electron chi connectivity index (χ1n) is 12.7. The van der Waals surface area contributed by atoms with E-state index in [4.69, 9.17) is 14.2 Å². The molecule has 2 amide bonds. The van der Waals surface area contributed by atoms with Gasteiger partial charge in [0, 0.05) is 6.54 Å². The maximum Gasteiger partial charge on any atom is 0.407 e. The lowest BCUT2D eigenvalue weighted by atomic mass is 9.82. The highest BCUT2D eigenvalue weighted by Crippen LogP contribution is 2.40. The Kier molecular flexibility index (Phi) is 7.13. The van der Waals surface area contributed by atoms with Crippen LogP contribution >= 0.6 is 0 Å². The van der Waals surface area contributed by atoms with Gasteiger partial charge < -0.3 is 24.4 Å². The number of alkyl carbamates (subject to hydrolysis) is 1.